The third-order valence-corrected chi connectivity index (χ3v) is 4.42. The first-order valence-electron chi connectivity index (χ1n) is 6.44. The van der Waals surface area contributed by atoms with Crippen LogP contribution in [0.15, 0.2) is 22.7 Å². The average molecular weight is 336 g/mol. The third kappa shape index (κ3) is 3.96. The van der Waals surface area contributed by atoms with E-state index < -0.39 is 11.7 Å². The molecule has 1 fully saturated rings. The van der Waals surface area contributed by atoms with Crippen molar-refractivity contribution in [2.45, 2.75) is 32.5 Å². The Labute approximate surface area is 119 Å². The number of hydrogen-bond acceptors (Lipinski definition) is 1. The van der Waals surface area contributed by atoms with E-state index >= 15 is 0 Å². The largest absolute Gasteiger partial charge is 0.416 e. The minimum absolute atomic E-state index is 0.573. The molecule has 0 aliphatic carbocycles. The molecule has 106 valence electrons. The van der Waals surface area contributed by atoms with Crippen LogP contribution in [0.3, 0.4) is 0 Å². The van der Waals surface area contributed by atoms with Crippen LogP contribution in [0, 0.1) is 5.92 Å². The lowest BCUT2D eigenvalue weighted by Gasteiger charge is -2.30. The lowest BCUT2D eigenvalue weighted by molar-refractivity contribution is -0.137. The van der Waals surface area contributed by atoms with Gasteiger partial charge in [0.2, 0.25) is 0 Å². The Morgan fingerprint density at radius 1 is 1.26 bits per heavy atom. The molecule has 0 aromatic heterocycles. The Morgan fingerprint density at radius 2 is 1.89 bits per heavy atom. The van der Waals surface area contributed by atoms with Gasteiger partial charge in [-0.2, -0.15) is 13.2 Å². The second-order valence-corrected chi connectivity index (χ2v) is 6.12. The Morgan fingerprint density at radius 3 is 2.47 bits per heavy atom. The summed E-state index contributed by atoms with van der Waals surface area (Å²) < 4.78 is 38.9. The highest BCUT2D eigenvalue weighted by Crippen LogP contribution is 2.32. The van der Waals surface area contributed by atoms with E-state index in [1.165, 1.54) is 12.1 Å². The molecule has 1 heterocycles. The van der Waals surface area contributed by atoms with Crippen LogP contribution < -0.4 is 0 Å². The van der Waals surface area contributed by atoms with Crippen molar-refractivity contribution in [1.82, 2.24) is 4.90 Å². The van der Waals surface area contributed by atoms with Gasteiger partial charge < -0.3 is 0 Å². The summed E-state index contributed by atoms with van der Waals surface area (Å²) in [5.74, 6) is 0.723. The molecule has 5 heteroatoms. The second-order valence-electron chi connectivity index (χ2n) is 5.26. The van der Waals surface area contributed by atoms with Crippen LogP contribution in [0.5, 0.6) is 0 Å². The predicted molar refractivity (Wildman–Crippen MR) is 72.8 cm³/mol. The van der Waals surface area contributed by atoms with Crippen molar-refractivity contribution in [2.24, 2.45) is 5.92 Å². The van der Waals surface area contributed by atoms with Gasteiger partial charge in [0.1, 0.15) is 0 Å². The first-order chi connectivity index (χ1) is 8.86. The van der Waals surface area contributed by atoms with E-state index in [2.05, 4.69) is 27.8 Å². The van der Waals surface area contributed by atoms with Gasteiger partial charge in [-0.05, 0) is 55.6 Å². The summed E-state index contributed by atoms with van der Waals surface area (Å²) in [5.41, 5.74) is 0.139. The lowest BCUT2D eigenvalue weighted by Crippen LogP contribution is -2.32. The number of rotatable bonds is 2. The summed E-state index contributed by atoms with van der Waals surface area (Å²) >= 11 is 3.34. The minimum atomic E-state index is -4.27. The topological polar surface area (TPSA) is 3.24 Å². The lowest BCUT2D eigenvalue weighted by atomic mass is 9.98. The van der Waals surface area contributed by atoms with Gasteiger partial charge in [-0.3, -0.25) is 4.90 Å². The normalized spacial score (nSPS) is 18.8. The average Bonchev–Trinajstić information content (AvgIpc) is 2.33. The van der Waals surface area contributed by atoms with Crippen LogP contribution in [0.25, 0.3) is 0 Å². The van der Waals surface area contributed by atoms with Crippen LogP contribution in [-0.2, 0) is 12.7 Å². The van der Waals surface area contributed by atoms with Gasteiger partial charge in [-0.15, -0.1) is 0 Å². The molecule has 0 N–H and O–H groups in total. The maximum Gasteiger partial charge on any atom is 0.416 e. The van der Waals surface area contributed by atoms with Gasteiger partial charge in [0, 0.05) is 11.0 Å². The number of alkyl halides is 3. The fourth-order valence-corrected chi connectivity index (χ4v) is 2.71. The number of benzene rings is 1. The fraction of sp³-hybridized carbons (Fsp3) is 0.571. The SMILES string of the molecule is CC1CCN(Cc2cc(C(F)(F)F)ccc2Br)CC1. The molecule has 1 saturated heterocycles. The van der Waals surface area contributed by atoms with Crippen molar-refractivity contribution < 1.29 is 13.2 Å². The summed E-state index contributed by atoms with van der Waals surface area (Å²) in [7, 11) is 0. The van der Waals surface area contributed by atoms with Crippen molar-refractivity contribution in [2.75, 3.05) is 13.1 Å². The number of hydrogen-bond donors (Lipinski definition) is 0. The van der Waals surface area contributed by atoms with E-state index in [0.29, 0.717) is 12.1 Å². The number of piperidine rings is 1. The molecule has 0 spiro atoms. The molecule has 0 radical (unpaired) electrons. The molecular weight excluding hydrogens is 319 g/mol. The summed E-state index contributed by atoms with van der Waals surface area (Å²) in [6.07, 6.45) is -2.03. The summed E-state index contributed by atoms with van der Waals surface area (Å²) in [6.45, 7) is 4.72. The first kappa shape index (κ1) is 14.9. The molecule has 1 nitrogen and oxygen atoms in total. The zero-order valence-electron chi connectivity index (χ0n) is 10.8. The zero-order chi connectivity index (χ0) is 14.0. The van der Waals surface area contributed by atoms with Gasteiger partial charge in [-0.1, -0.05) is 22.9 Å². The van der Waals surface area contributed by atoms with Gasteiger partial charge in [0.15, 0.2) is 0 Å². The van der Waals surface area contributed by atoms with Crippen molar-refractivity contribution >= 4 is 15.9 Å². The van der Waals surface area contributed by atoms with Gasteiger partial charge >= 0.3 is 6.18 Å². The highest BCUT2D eigenvalue weighted by molar-refractivity contribution is 9.10. The van der Waals surface area contributed by atoms with Crippen LogP contribution >= 0.6 is 15.9 Å². The summed E-state index contributed by atoms with van der Waals surface area (Å²) in [4.78, 5) is 2.22. The van der Waals surface area contributed by atoms with Crippen LogP contribution in [-0.4, -0.2) is 18.0 Å². The van der Waals surface area contributed by atoms with E-state index in [9.17, 15) is 13.2 Å². The Balaban J connectivity index is 2.11. The molecular formula is C14H17BrF3N. The maximum absolute atomic E-state index is 12.7. The molecule has 0 bridgehead atoms. The van der Waals surface area contributed by atoms with Crippen molar-refractivity contribution in [3.63, 3.8) is 0 Å². The molecule has 1 aromatic carbocycles. The zero-order valence-corrected chi connectivity index (χ0v) is 12.4. The van der Waals surface area contributed by atoms with Crippen molar-refractivity contribution in [1.29, 1.82) is 0 Å². The quantitative estimate of drug-likeness (QED) is 0.757. The Kier molecular flexibility index (Phi) is 4.56. The fourth-order valence-electron chi connectivity index (χ4n) is 2.33. The number of halogens is 4. The molecule has 0 amide bonds. The van der Waals surface area contributed by atoms with Gasteiger partial charge in [-0.25, -0.2) is 0 Å². The molecule has 2 rings (SSSR count). The standard InChI is InChI=1S/C14H17BrF3N/c1-10-4-6-19(7-5-10)9-11-8-12(14(16,17)18)2-3-13(11)15/h2-3,8,10H,4-7,9H2,1H3. The highest BCUT2D eigenvalue weighted by Gasteiger charge is 2.31. The van der Waals surface area contributed by atoms with E-state index in [-0.39, 0.29) is 0 Å². The number of likely N-dealkylation sites (tertiary alicyclic amines) is 1. The Hall–Kier alpha value is -0.550. The molecule has 0 unspecified atom stereocenters. The molecule has 1 aliphatic rings. The smallest absolute Gasteiger partial charge is 0.299 e. The Bertz CT molecular complexity index is 437. The maximum atomic E-state index is 12.7. The van der Waals surface area contributed by atoms with Crippen LogP contribution in [0.1, 0.15) is 30.9 Å². The highest BCUT2D eigenvalue weighted by atomic mass is 79.9. The summed E-state index contributed by atoms with van der Waals surface area (Å²) in [6, 6.07) is 3.86. The molecule has 1 aliphatic heterocycles. The molecule has 0 saturated carbocycles. The second kappa shape index (κ2) is 5.83. The monoisotopic (exact) mass is 335 g/mol. The van der Waals surface area contributed by atoms with Crippen molar-refractivity contribution in [3.8, 4) is 0 Å². The molecule has 19 heavy (non-hydrogen) atoms. The van der Waals surface area contributed by atoms with E-state index in [1.54, 1.807) is 0 Å². The van der Waals surface area contributed by atoms with Crippen LogP contribution in [0.4, 0.5) is 13.2 Å². The minimum Gasteiger partial charge on any atom is -0.299 e. The first-order valence-corrected chi connectivity index (χ1v) is 7.23. The van der Waals surface area contributed by atoms with Gasteiger partial charge in [0.05, 0.1) is 5.56 Å². The van der Waals surface area contributed by atoms with E-state index in [0.717, 1.165) is 42.4 Å². The summed E-state index contributed by atoms with van der Waals surface area (Å²) in [5, 5.41) is 0. The molecule has 1 aromatic rings. The van der Waals surface area contributed by atoms with Crippen LogP contribution in [0.2, 0.25) is 0 Å². The molecule has 0 atom stereocenters. The van der Waals surface area contributed by atoms with Crippen molar-refractivity contribution in [3.05, 3.63) is 33.8 Å². The van der Waals surface area contributed by atoms with E-state index in [1.807, 2.05) is 0 Å². The van der Waals surface area contributed by atoms with E-state index in [4.69, 9.17) is 0 Å². The number of nitrogens with zero attached hydrogens (tertiary/aromatic N) is 1. The van der Waals surface area contributed by atoms with Gasteiger partial charge in [0.25, 0.3) is 0 Å². The third-order valence-electron chi connectivity index (χ3n) is 3.64. The predicted octanol–water partition coefficient (Wildman–Crippen LogP) is 4.70.